The molecule has 0 saturated carbocycles. The van der Waals surface area contributed by atoms with Crippen LogP contribution in [-0.4, -0.2) is 55.2 Å². The molecule has 0 saturated heterocycles. The number of benzene rings is 2. The van der Waals surface area contributed by atoms with Gasteiger partial charge >= 0.3 is 12.1 Å². The molecular formula is C23H18ClF3N4O4S. The summed E-state index contributed by atoms with van der Waals surface area (Å²) in [4.78, 5) is 28.5. The van der Waals surface area contributed by atoms with Gasteiger partial charge in [0.2, 0.25) is 0 Å². The third kappa shape index (κ3) is 5.55. The van der Waals surface area contributed by atoms with E-state index in [0.29, 0.717) is 16.5 Å². The SMILES string of the molecule is CN(C1=NC(=O)C(=Cc2ccc3c(cnn3Cc3ccc(Cl)cc3C(F)(F)F)c2)S1)C(O)CC(=O)O. The maximum atomic E-state index is 13.4. The molecule has 13 heteroatoms. The zero-order valence-electron chi connectivity index (χ0n) is 18.5. The van der Waals surface area contributed by atoms with Gasteiger partial charge in [-0.1, -0.05) is 23.7 Å². The van der Waals surface area contributed by atoms with Crippen molar-refractivity contribution < 1.29 is 33.0 Å². The number of thioether (sulfide) groups is 1. The summed E-state index contributed by atoms with van der Waals surface area (Å²) in [5.41, 5.74) is 0.422. The van der Waals surface area contributed by atoms with E-state index in [0.717, 1.165) is 17.8 Å². The van der Waals surface area contributed by atoms with Crippen LogP contribution in [0.25, 0.3) is 17.0 Å². The van der Waals surface area contributed by atoms with E-state index >= 15 is 0 Å². The lowest BCUT2D eigenvalue weighted by Crippen LogP contribution is -2.36. The van der Waals surface area contributed by atoms with E-state index in [1.54, 1.807) is 24.3 Å². The fourth-order valence-corrected chi connectivity index (χ4v) is 4.64. The lowest BCUT2D eigenvalue weighted by atomic mass is 10.1. The Hall–Kier alpha value is -3.35. The zero-order valence-corrected chi connectivity index (χ0v) is 20.1. The van der Waals surface area contributed by atoms with E-state index in [1.807, 2.05) is 0 Å². The number of aliphatic carboxylic acids is 1. The standard InChI is InChI=1S/C23H18ClF3N4O4S/c1-30(19(32)9-20(33)34)22-29-21(35)18(36-22)7-12-2-5-17-14(6-12)10-28-31(17)11-13-3-4-15(24)8-16(13)23(25,26)27/h2-8,10,19,32H,9,11H2,1H3,(H,33,34). The molecule has 0 bridgehead atoms. The van der Waals surface area contributed by atoms with Gasteiger partial charge in [0.25, 0.3) is 5.91 Å². The summed E-state index contributed by atoms with van der Waals surface area (Å²) in [6.07, 6.45) is -3.35. The molecule has 1 amide bonds. The number of nitrogens with zero attached hydrogens (tertiary/aromatic N) is 4. The summed E-state index contributed by atoms with van der Waals surface area (Å²) in [6, 6.07) is 8.71. The first-order valence-corrected chi connectivity index (χ1v) is 11.6. The molecule has 1 aliphatic rings. The lowest BCUT2D eigenvalue weighted by molar-refractivity contribution is -0.141. The summed E-state index contributed by atoms with van der Waals surface area (Å²) < 4.78 is 41.8. The fraction of sp³-hybridized carbons (Fsp3) is 0.217. The summed E-state index contributed by atoms with van der Waals surface area (Å²) in [5, 5.41) is 23.8. The van der Waals surface area contributed by atoms with Gasteiger partial charge in [-0.3, -0.25) is 14.3 Å². The molecule has 0 fully saturated rings. The molecule has 1 unspecified atom stereocenters. The second kappa shape index (κ2) is 9.96. The Morgan fingerprint density at radius 1 is 1.28 bits per heavy atom. The Morgan fingerprint density at radius 2 is 2.03 bits per heavy atom. The van der Waals surface area contributed by atoms with Crippen LogP contribution >= 0.6 is 23.4 Å². The van der Waals surface area contributed by atoms with Crippen molar-refractivity contribution in [3.8, 4) is 0 Å². The van der Waals surface area contributed by atoms with Crippen LogP contribution in [0, 0.1) is 0 Å². The van der Waals surface area contributed by atoms with Crippen LogP contribution in [0.15, 0.2) is 52.5 Å². The molecule has 0 radical (unpaired) electrons. The van der Waals surface area contributed by atoms with Gasteiger partial charge < -0.3 is 15.1 Å². The number of alkyl halides is 3. The Bertz CT molecular complexity index is 1420. The van der Waals surface area contributed by atoms with E-state index in [1.165, 1.54) is 35.0 Å². The van der Waals surface area contributed by atoms with E-state index in [2.05, 4.69) is 10.1 Å². The van der Waals surface area contributed by atoms with Crippen LogP contribution in [0.1, 0.15) is 23.1 Å². The van der Waals surface area contributed by atoms with Gasteiger partial charge in [-0.05, 0) is 53.2 Å². The van der Waals surface area contributed by atoms with Crippen molar-refractivity contribution in [2.75, 3.05) is 7.05 Å². The number of aliphatic hydroxyl groups is 1. The van der Waals surface area contributed by atoms with Crippen LogP contribution in [0.5, 0.6) is 0 Å². The molecule has 36 heavy (non-hydrogen) atoms. The van der Waals surface area contributed by atoms with E-state index < -0.39 is 36.3 Å². The predicted octanol–water partition coefficient (Wildman–Crippen LogP) is 4.45. The van der Waals surface area contributed by atoms with Crippen molar-refractivity contribution in [1.29, 1.82) is 0 Å². The number of amides is 1. The number of amidine groups is 1. The number of rotatable bonds is 6. The molecular weight excluding hydrogens is 521 g/mol. The van der Waals surface area contributed by atoms with Gasteiger partial charge in [0.15, 0.2) is 5.17 Å². The molecule has 1 aromatic heterocycles. The lowest BCUT2D eigenvalue weighted by Gasteiger charge is -2.22. The summed E-state index contributed by atoms with van der Waals surface area (Å²) in [5.74, 6) is -1.73. The van der Waals surface area contributed by atoms with Crippen molar-refractivity contribution in [3.05, 3.63) is 69.2 Å². The minimum Gasteiger partial charge on any atom is -0.481 e. The highest BCUT2D eigenvalue weighted by atomic mass is 35.5. The Labute approximate surface area is 211 Å². The topological polar surface area (TPSA) is 108 Å². The molecule has 3 aromatic rings. The van der Waals surface area contributed by atoms with Gasteiger partial charge in [0, 0.05) is 17.5 Å². The first-order chi connectivity index (χ1) is 16.9. The number of carbonyl (C=O) groups is 2. The van der Waals surface area contributed by atoms with Gasteiger partial charge in [0.1, 0.15) is 6.23 Å². The average Bonchev–Trinajstić information content (AvgIpc) is 3.36. The molecule has 0 spiro atoms. The zero-order chi connectivity index (χ0) is 26.2. The summed E-state index contributed by atoms with van der Waals surface area (Å²) >= 11 is 6.75. The fourth-order valence-electron chi connectivity index (χ4n) is 3.55. The second-order valence-corrected chi connectivity index (χ2v) is 9.36. The number of aliphatic imine (C=N–C) groups is 1. The van der Waals surface area contributed by atoms with E-state index in [-0.39, 0.29) is 27.2 Å². The molecule has 188 valence electrons. The molecule has 2 aromatic carbocycles. The van der Waals surface area contributed by atoms with Crippen molar-refractivity contribution in [2.45, 2.75) is 25.4 Å². The number of hydrogen-bond acceptors (Lipinski definition) is 6. The number of halogens is 4. The first-order valence-electron chi connectivity index (χ1n) is 10.4. The van der Waals surface area contributed by atoms with Crippen molar-refractivity contribution in [1.82, 2.24) is 14.7 Å². The largest absolute Gasteiger partial charge is 0.481 e. The van der Waals surface area contributed by atoms with Crippen LogP contribution in [0.3, 0.4) is 0 Å². The third-order valence-corrected chi connectivity index (χ3v) is 6.69. The van der Waals surface area contributed by atoms with E-state index in [4.69, 9.17) is 16.7 Å². The highest BCUT2D eigenvalue weighted by molar-refractivity contribution is 8.18. The summed E-state index contributed by atoms with van der Waals surface area (Å²) in [7, 11) is 1.43. The monoisotopic (exact) mass is 538 g/mol. The van der Waals surface area contributed by atoms with Crippen molar-refractivity contribution >= 4 is 57.4 Å². The number of carboxylic acids is 1. The van der Waals surface area contributed by atoms with Crippen LogP contribution in [0.4, 0.5) is 13.2 Å². The quantitative estimate of drug-likeness (QED) is 0.352. The molecule has 2 N–H and O–H groups in total. The van der Waals surface area contributed by atoms with Crippen molar-refractivity contribution in [2.24, 2.45) is 4.99 Å². The second-order valence-electron chi connectivity index (χ2n) is 7.92. The van der Waals surface area contributed by atoms with Crippen LogP contribution in [-0.2, 0) is 22.3 Å². The number of carboxylic acid groups (broad SMARTS) is 1. The number of fused-ring (bicyclic) bond motifs is 1. The Morgan fingerprint density at radius 3 is 2.72 bits per heavy atom. The predicted molar refractivity (Wildman–Crippen MR) is 129 cm³/mol. The minimum absolute atomic E-state index is 0.0110. The minimum atomic E-state index is -4.56. The molecule has 2 heterocycles. The molecule has 4 rings (SSSR count). The van der Waals surface area contributed by atoms with Crippen LogP contribution in [0.2, 0.25) is 5.02 Å². The number of aliphatic hydroxyl groups excluding tert-OH is 1. The Kier molecular flexibility index (Phi) is 7.12. The summed E-state index contributed by atoms with van der Waals surface area (Å²) in [6.45, 7) is -0.119. The molecule has 0 aliphatic carbocycles. The van der Waals surface area contributed by atoms with Gasteiger partial charge in [-0.25, -0.2) is 0 Å². The van der Waals surface area contributed by atoms with Crippen LogP contribution < -0.4 is 0 Å². The molecule has 1 aliphatic heterocycles. The number of hydrogen-bond donors (Lipinski definition) is 2. The molecule has 1 atom stereocenters. The first kappa shape index (κ1) is 25.7. The maximum Gasteiger partial charge on any atom is 0.416 e. The highest BCUT2D eigenvalue weighted by Gasteiger charge is 2.34. The highest BCUT2D eigenvalue weighted by Crippen LogP contribution is 2.35. The Balaban J connectivity index is 1.55. The maximum absolute atomic E-state index is 13.4. The number of carbonyl (C=O) groups excluding carboxylic acids is 1. The number of aromatic nitrogens is 2. The van der Waals surface area contributed by atoms with E-state index in [9.17, 15) is 27.9 Å². The normalized spacial score (nSPS) is 16.0. The smallest absolute Gasteiger partial charge is 0.416 e. The third-order valence-electron chi connectivity index (χ3n) is 5.38. The van der Waals surface area contributed by atoms with Gasteiger partial charge in [-0.2, -0.15) is 23.3 Å². The average molecular weight is 539 g/mol. The van der Waals surface area contributed by atoms with Gasteiger partial charge in [-0.15, -0.1) is 0 Å². The van der Waals surface area contributed by atoms with Crippen molar-refractivity contribution in [3.63, 3.8) is 0 Å². The molecule has 8 nitrogen and oxygen atoms in total. The van der Waals surface area contributed by atoms with Gasteiger partial charge in [0.05, 0.1) is 35.1 Å².